The zero-order valence-corrected chi connectivity index (χ0v) is 11.2. The number of rotatable bonds is 5. The highest BCUT2D eigenvalue weighted by Gasteiger charge is 2.34. The summed E-state index contributed by atoms with van der Waals surface area (Å²) in [5.74, 6) is -2.96. The van der Waals surface area contributed by atoms with Gasteiger partial charge in [-0.15, -0.1) is 0 Å². The molecule has 0 aliphatic carbocycles. The molecular weight excluding hydrogens is 252 g/mol. The summed E-state index contributed by atoms with van der Waals surface area (Å²) < 4.78 is 0. The predicted molar refractivity (Wildman–Crippen MR) is 76.5 cm³/mol. The fourth-order valence-electron chi connectivity index (χ4n) is 2.45. The summed E-state index contributed by atoms with van der Waals surface area (Å²) in [5.41, 5.74) is 1.67. The quantitative estimate of drug-likeness (QED) is 0.848. The van der Waals surface area contributed by atoms with Crippen molar-refractivity contribution in [3.63, 3.8) is 0 Å². The molecule has 0 amide bonds. The number of aliphatic carboxylic acids is 1. The summed E-state index contributed by atoms with van der Waals surface area (Å²) in [5, 5.41) is 9.42. The Bertz CT molecular complexity index is 537. The summed E-state index contributed by atoms with van der Waals surface area (Å²) >= 11 is 0. The van der Waals surface area contributed by atoms with E-state index >= 15 is 0 Å². The van der Waals surface area contributed by atoms with Gasteiger partial charge in [0.1, 0.15) is 11.7 Å². The average Bonchev–Trinajstić information content (AvgIpc) is 2.45. The second kappa shape index (κ2) is 6.15. The second-order valence-electron chi connectivity index (χ2n) is 4.73. The number of hydrogen-bond donors (Lipinski definition) is 1. The lowest BCUT2D eigenvalue weighted by atomic mass is 9.79. The van der Waals surface area contributed by atoms with Crippen LogP contribution >= 0.6 is 0 Å². The van der Waals surface area contributed by atoms with Gasteiger partial charge in [0.15, 0.2) is 0 Å². The van der Waals surface area contributed by atoms with Crippen LogP contribution in [-0.4, -0.2) is 16.9 Å². The molecule has 0 saturated heterocycles. The Balaban J connectivity index is 2.55. The summed E-state index contributed by atoms with van der Waals surface area (Å²) in [6, 6.07) is 18.6. The van der Waals surface area contributed by atoms with Crippen LogP contribution in [0.15, 0.2) is 60.7 Å². The number of carbonyl (C=O) groups is 2. The summed E-state index contributed by atoms with van der Waals surface area (Å²) in [4.78, 5) is 23.3. The Morgan fingerprint density at radius 3 is 1.55 bits per heavy atom. The molecular formula is C17H16O3. The molecule has 102 valence electrons. The number of carboxylic acids is 1. The number of benzene rings is 2. The van der Waals surface area contributed by atoms with Gasteiger partial charge in [0.2, 0.25) is 0 Å². The maximum atomic E-state index is 11.8. The molecule has 2 aromatic rings. The molecule has 0 spiro atoms. The molecule has 1 unspecified atom stereocenters. The van der Waals surface area contributed by atoms with Crippen LogP contribution in [-0.2, 0) is 9.59 Å². The Morgan fingerprint density at radius 1 is 0.850 bits per heavy atom. The molecule has 0 aliphatic rings. The molecule has 2 aromatic carbocycles. The summed E-state index contributed by atoms with van der Waals surface area (Å²) in [6.45, 7) is 1.33. The molecule has 1 atom stereocenters. The highest BCUT2D eigenvalue weighted by atomic mass is 16.4. The Labute approximate surface area is 117 Å². The molecule has 0 aromatic heterocycles. The lowest BCUT2D eigenvalue weighted by molar-refractivity contribution is -0.146. The standard InChI is InChI=1S/C17H16O3/c1-12(18)15(17(19)20)16(13-8-4-2-5-9-13)14-10-6-3-7-11-14/h2-11,15-16H,1H3,(H,19,20). The second-order valence-corrected chi connectivity index (χ2v) is 4.73. The van der Waals surface area contributed by atoms with E-state index in [9.17, 15) is 14.7 Å². The van der Waals surface area contributed by atoms with Crippen molar-refractivity contribution in [2.45, 2.75) is 12.8 Å². The third-order valence-corrected chi connectivity index (χ3v) is 3.35. The normalized spacial score (nSPS) is 12.1. The number of carbonyl (C=O) groups excluding carboxylic acids is 1. The molecule has 0 radical (unpaired) electrons. The van der Waals surface area contributed by atoms with Crippen LogP contribution in [0, 0.1) is 5.92 Å². The van der Waals surface area contributed by atoms with Gasteiger partial charge in [0.25, 0.3) is 0 Å². The summed E-state index contributed by atoms with van der Waals surface area (Å²) in [6.07, 6.45) is 0. The van der Waals surface area contributed by atoms with Crippen LogP contribution < -0.4 is 0 Å². The number of Topliss-reactive ketones (excluding diaryl/α,β-unsaturated/α-hetero) is 1. The van der Waals surface area contributed by atoms with Crippen LogP contribution in [0.2, 0.25) is 0 Å². The van der Waals surface area contributed by atoms with Gasteiger partial charge in [-0.2, -0.15) is 0 Å². The topological polar surface area (TPSA) is 54.4 Å². The van der Waals surface area contributed by atoms with Crippen LogP contribution in [0.4, 0.5) is 0 Å². The van der Waals surface area contributed by atoms with Gasteiger partial charge in [0.05, 0.1) is 0 Å². The van der Waals surface area contributed by atoms with Gasteiger partial charge in [-0.3, -0.25) is 9.59 Å². The Hall–Kier alpha value is -2.42. The van der Waals surface area contributed by atoms with Crippen LogP contribution in [0.25, 0.3) is 0 Å². The molecule has 0 fully saturated rings. The fraction of sp³-hybridized carbons (Fsp3) is 0.176. The Morgan fingerprint density at radius 2 is 1.25 bits per heavy atom. The average molecular weight is 268 g/mol. The third kappa shape index (κ3) is 2.94. The first kappa shape index (κ1) is 14.0. The third-order valence-electron chi connectivity index (χ3n) is 3.35. The maximum Gasteiger partial charge on any atom is 0.315 e. The minimum Gasteiger partial charge on any atom is -0.481 e. The van der Waals surface area contributed by atoms with Crippen LogP contribution in [0.5, 0.6) is 0 Å². The van der Waals surface area contributed by atoms with Crippen molar-refractivity contribution in [2.24, 2.45) is 5.92 Å². The Kier molecular flexibility index (Phi) is 4.31. The smallest absolute Gasteiger partial charge is 0.315 e. The van der Waals surface area contributed by atoms with E-state index in [-0.39, 0.29) is 5.78 Å². The van der Waals surface area contributed by atoms with E-state index in [2.05, 4.69) is 0 Å². The highest BCUT2D eigenvalue weighted by molar-refractivity contribution is 5.98. The number of hydrogen-bond acceptors (Lipinski definition) is 2. The lowest BCUT2D eigenvalue weighted by Gasteiger charge is -2.23. The van der Waals surface area contributed by atoms with Gasteiger partial charge in [0, 0.05) is 5.92 Å². The van der Waals surface area contributed by atoms with E-state index in [1.807, 2.05) is 60.7 Å². The number of ketones is 1. The van der Waals surface area contributed by atoms with Crippen LogP contribution in [0.3, 0.4) is 0 Å². The van der Waals surface area contributed by atoms with E-state index in [4.69, 9.17) is 0 Å². The van der Waals surface area contributed by atoms with Crippen molar-refractivity contribution in [3.8, 4) is 0 Å². The van der Waals surface area contributed by atoms with E-state index in [1.54, 1.807) is 0 Å². The molecule has 0 heterocycles. The minimum atomic E-state index is -1.09. The molecule has 3 heteroatoms. The van der Waals surface area contributed by atoms with Crippen molar-refractivity contribution < 1.29 is 14.7 Å². The largest absolute Gasteiger partial charge is 0.481 e. The lowest BCUT2D eigenvalue weighted by Crippen LogP contribution is -2.29. The predicted octanol–water partition coefficient (Wildman–Crippen LogP) is 3.11. The van der Waals surface area contributed by atoms with E-state index < -0.39 is 17.8 Å². The van der Waals surface area contributed by atoms with E-state index in [0.29, 0.717) is 0 Å². The maximum absolute atomic E-state index is 11.8. The molecule has 3 nitrogen and oxygen atoms in total. The van der Waals surface area contributed by atoms with Crippen molar-refractivity contribution in [3.05, 3.63) is 71.8 Å². The molecule has 0 bridgehead atoms. The zero-order valence-electron chi connectivity index (χ0n) is 11.2. The fourth-order valence-corrected chi connectivity index (χ4v) is 2.45. The highest BCUT2D eigenvalue weighted by Crippen LogP contribution is 2.32. The molecule has 1 N–H and O–H groups in total. The summed E-state index contributed by atoms with van der Waals surface area (Å²) in [7, 11) is 0. The molecule has 2 rings (SSSR count). The van der Waals surface area contributed by atoms with Gasteiger partial charge >= 0.3 is 5.97 Å². The first-order valence-electron chi connectivity index (χ1n) is 6.44. The van der Waals surface area contributed by atoms with Gasteiger partial charge in [-0.05, 0) is 18.1 Å². The van der Waals surface area contributed by atoms with E-state index in [0.717, 1.165) is 11.1 Å². The zero-order chi connectivity index (χ0) is 14.5. The van der Waals surface area contributed by atoms with Crippen molar-refractivity contribution in [1.29, 1.82) is 0 Å². The van der Waals surface area contributed by atoms with Crippen molar-refractivity contribution in [1.82, 2.24) is 0 Å². The van der Waals surface area contributed by atoms with Crippen molar-refractivity contribution >= 4 is 11.8 Å². The van der Waals surface area contributed by atoms with Gasteiger partial charge in [-0.25, -0.2) is 0 Å². The first-order valence-corrected chi connectivity index (χ1v) is 6.44. The van der Waals surface area contributed by atoms with Gasteiger partial charge in [-0.1, -0.05) is 60.7 Å². The SMILES string of the molecule is CC(=O)C(C(=O)O)C(c1ccccc1)c1ccccc1. The van der Waals surface area contributed by atoms with E-state index in [1.165, 1.54) is 6.92 Å². The number of carboxylic acid groups (broad SMARTS) is 1. The van der Waals surface area contributed by atoms with Gasteiger partial charge < -0.3 is 5.11 Å². The molecule has 0 aliphatic heterocycles. The minimum absolute atomic E-state index is 0.338. The van der Waals surface area contributed by atoms with Crippen LogP contribution in [0.1, 0.15) is 24.0 Å². The van der Waals surface area contributed by atoms with Crippen molar-refractivity contribution in [2.75, 3.05) is 0 Å². The first-order chi connectivity index (χ1) is 9.61. The monoisotopic (exact) mass is 268 g/mol. The molecule has 0 saturated carbocycles. The molecule has 20 heavy (non-hydrogen) atoms.